The summed E-state index contributed by atoms with van der Waals surface area (Å²) < 4.78 is 6.57. The standard InChI is InChI=1S/C47H29NO/c1-2-13-31(14-3-1)48(33-24-26-39-45(29-33)49-44-27-22-30-12-4-5-15-34(30)46(39)44)32-23-25-38-37-18-8-11-21-42(37)47(43(38)28-32)40-19-9-6-16-35(40)36-17-7-10-20-41(36)47/h1-29H. The number of hydrogen-bond acceptors (Lipinski definition) is 2. The monoisotopic (exact) mass is 623 g/mol. The zero-order valence-electron chi connectivity index (χ0n) is 26.6. The Morgan fingerprint density at radius 2 is 0.939 bits per heavy atom. The Balaban J connectivity index is 1.17. The van der Waals surface area contributed by atoms with Crippen LogP contribution >= 0.6 is 0 Å². The Labute approximate surface area is 284 Å². The number of anilines is 3. The maximum Gasteiger partial charge on any atom is 0.137 e. The van der Waals surface area contributed by atoms with Gasteiger partial charge in [-0.25, -0.2) is 0 Å². The number of hydrogen-bond donors (Lipinski definition) is 0. The van der Waals surface area contributed by atoms with E-state index in [4.69, 9.17) is 4.42 Å². The van der Waals surface area contributed by atoms with Crippen LogP contribution in [0.5, 0.6) is 0 Å². The van der Waals surface area contributed by atoms with Gasteiger partial charge in [0.25, 0.3) is 0 Å². The molecular weight excluding hydrogens is 595 g/mol. The largest absolute Gasteiger partial charge is 0.456 e. The molecule has 0 radical (unpaired) electrons. The van der Waals surface area contributed by atoms with Gasteiger partial charge >= 0.3 is 0 Å². The van der Waals surface area contributed by atoms with Crippen LogP contribution < -0.4 is 4.90 Å². The average Bonchev–Trinajstić information content (AvgIpc) is 3.79. The van der Waals surface area contributed by atoms with Gasteiger partial charge < -0.3 is 9.32 Å². The van der Waals surface area contributed by atoms with Crippen molar-refractivity contribution in [1.82, 2.24) is 0 Å². The van der Waals surface area contributed by atoms with Crippen LogP contribution in [0.4, 0.5) is 17.1 Å². The Kier molecular flexibility index (Phi) is 5.34. The number of nitrogens with zero attached hydrogens (tertiary/aromatic N) is 1. The Morgan fingerprint density at radius 1 is 0.367 bits per heavy atom. The van der Waals surface area contributed by atoms with Crippen LogP contribution in [0, 0.1) is 0 Å². The summed E-state index contributed by atoms with van der Waals surface area (Å²) in [5, 5.41) is 4.73. The molecule has 1 aromatic heterocycles. The second-order valence-corrected chi connectivity index (χ2v) is 13.2. The molecule has 228 valence electrons. The van der Waals surface area contributed by atoms with Crippen LogP contribution in [0.15, 0.2) is 180 Å². The number of fused-ring (bicyclic) bond motifs is 15. The molecule has 49 heavy (non-hydrogen) atoms. The van der Waals surface area contributed by atoms with Crippen LogP contribution in [-0.4, -0.2) is 0 Å². The van der Waals surface area contributed by atoms with Gasteiger partial charge in [0.05, 0.1) is 5.41 Å². The van der Waals surface area contributed by atoms with Gasteiger partial charge in [-0.3, -0.25) is 0 Å². The molecule has 11 rings (SSSR count). The first-order valence-corrected chi connectivity index (χ1v) is 16.9. The lowest BCUT2D eigenvalue weighted by atomic mass is 9.70. The molecule has 2 aliphatic carbocycles. The summed E-state index contributed by atoms with van der Waals surface area (Å²) in [4.78, 5) is 2.37. The number of benzene rings is 8. The Bertz CT molecular complexity index is 2730. The lowest BCUT2D eigenvalue weighted by Gasteiger charge is -2.32. The average molecular weight is 624 g/mol. The molecule has 0 fully saturated rings. The summed E-state index contributed by atoms with van der Waals surface area (Å²) >= 11 is 0. The fourth-order valence-electron chi connectivity index (χ4n) is 8.92. The highest BCUT2D eigenvalue weighted by molar-refractivity contribution is 6.19. The summed E-state index contributed by atoms with van der Waals surface area (Å²) in [5.41, 5.74) is 15.2. The van der Waals surface area contributed by atoms with Gasteiger partial charge in [-0.2, -0.15) is 0 Å². The SMILES string of the molecule is c1ccc(N(c2ccc3c(c2)C2(c4ccccc4-c4ccccc42)c2ccccc2-3)c2ccc3c(c2)oc2ccc4ccccc4c23)cc1. The van der Waals surface area contributed by atoms with Gasteiger partial charge in [0, 0.05) is 33.9 Å². The van der Waals surface area contributed by atoms with Crippen molar-refractivity contribution in [3.05, 3.63) is 198 Å². The van der Waals surface area contributed by atoms with Gasteiger partial charge in [-0.1, -0.05) is 127 Å². The molecule has 0 aliphatic heterocycles. The molecule has 1 spiro atoms. The van der Waals surface area contributed by atoms with E-state index in [0.717, 1.165) is 33.6 Å². The van der Waals surface area contributed by atoms with E-state index < -0.39 is 5.41 Å². The first-order valence-electron chi connectivity index (χ1n) is 16.9. The lowest BCUT2D eigenvalue weighted by Crippen LogP contribution is -2.26. The van der Waals surface area contributed by atoms with Gasteiger partial charge in [0.15, 0.2) is 0 Å². The highest BCUT2D eigenvalue weighted by atomic mass is 16.3. The highest BCUT2D eigenvalue weighted by Crippen LogP contribution is 2.63. The molecule has 2 heteroatoms. The van der Waals surface area contributed by atoms with E-state index in [-0.39, 0.29) is 0 Å². The lowest BCUT2D eigenvalue weighted by molar-refractivity contribution is 0.669. The minimum Gasteiger partial charge on any atom is -0.456 e. The van der Waals surface area contributed by atoms with E-state index in [1.807, 2.05) is 0 Å². The first-order chi connectivity index (χ1) is 24.3. The third-order valence-corrected chi connectivity index (χ3v) is 10.9. The van der Waals surface area contributed by atoms with Crippen LogP contribution in [0.2, 0.25) is 0 Å². The predicted octanol–water partition coefficient (Wildman–Crippen LogP) is 12.6. The van der Waals surface area contributed by atoms with Crippen molar-refractivity contribution in [2.75, 3.05) is 4.90 Å². The van der Waals surface area contributed by atoms with Crippen molar-refractivity contribution in [1.29, 1.82) is 0 Å². The fraction of sp³-hybridized carbons (Fsp3) is 0.0213. The van der Waals surface area contributed by atoms with Crippen LogP contribution in [0.1, 0.15) is 22.3 Å². The molecule has 0 saturated heterocycles. The smallest absolute Gasteiger partial charge is 0.137 e. The Morgan fingerprint density at radius 3 is 1.65 bits per heavy atom. The maximum absolute atomic E-state index is 6.57. The molecule has 1 heterocycles. The van der Waals surface area contributed by atoms with E-state index in [0.29, 0.717) is 0 Å². The van der Waals surface area contributed by atoms with Crippen molar-refractivity contribution in [2.24, 2.45) is 0 Å². The molecular formula is C47H29NO. The molecule has 0 amide bonds. The van der Waals surface area contributed by atoms with E-state index in [1.54, 1.807) is 0 Å². The second-order valence-electron chi connectivity index (χ2n) is 13.2. The molecule has 0 N–H and O–H groups in total. The zero-order chi connectivity index (χ0) is 32.1. The number of furan rings is 1. The molecule has 8 aromatic carbocycles. The summed E-state index contributed by atoms with van der Waals surface area (Å²) in [6, 6.07) is 64.2. The quantitative estimate of drug-likeness (QED) is 0.195. The van der Waals surface area contributed by atoms with Crippen molar-refractivity contribution in [3.63, 3.8) is 0 Å². The van der Waals surface area contributed by atoms with E-state index >= 15 is 0 Å². The third kappa shape index (κ3) is 3.50. The van der Waals surface area contributed by atoms with Crippen LogP contribution in [0.25, 0.3) is 55.0 Å². The third-order valence-electron chi connectivity index (χ3n) is 10.9. The molecule has 0 unspecified atom stereocenters. The minimum atomic E-state index is -0.402. The van der Waals surface area contributed by atoms with E-state index in [1.165, 1.54) is 60.7 Å². The van der Waals surface area contributed by atoms with Gasteiger partial charge in [0.2, 0.25) is 0 Å². The summed E-state index contributed by atoms with van der Waals surface area (Å²) in [7, 11) is 0. The van der Waals surface area contributed by atoms with Gasteiger partial charge in [0.1, 0.15) is 11.2 Å². The van der Waals surface area contributed by atoms with Gasteiger partial charge in [-0.05, 0) is 97.7 Å². The van der Waals surface area contributed by atoms with Crippen molar-refractivity contribution in [2.45, 2.75) is 5.41 Å². The first kappa shape index (κ1) is 26.7. The molecule has 0 atom stereocenters. The van der Waals surface area contributed by atoms with Crippen LogP contribution in [0.3, 0.4) is 0 Å². The molecule has 0 saturated carbocycles. The molecule has 9 aromatic rings. The predicted molar refractivity (Wildman–Crippen MR) is 202 cm³/mol. The van der Waals surface area contributed by atoms with Crippen molar-refractivity contribution in [3.8, 4) is 22.3 Å². The summed E-state index contributed by atoms with van der Waals surface area (Å²) in [6.45, 7) is 0. The van der Waals surface area contributed by atoms with E-state index in [2.05, 4.69) is 181 Å². The number of rotatable bonds is 3. The molecule has 0 bridgehead atoms. The maximum atomic E-state index is 6.57. The number of para-hydroxylation sites is 1. The summed E-state index contributed by atoms with van der Waals surface area (Å²) in [5.74, 6) is 0. The molecule has 2 nitrogen and oxygen atoms in total. The Hall–Kier alpha value is -6.38. The zero-order valence-corrected chi connectivity index (χ0v) is 26.6. The minimum absolute atomic E-state index is 0.402. The van der Waals surface area contributed by atoms with Crippen LogP contribution in [-0.2, 0) is 5.41 Å². The fourth-order valence-corrected chi connectivity index (χ4v) is 8.92. The molecule has 2 aliphatic rings. The second kappa shape index (κ2) is 9.82. The van der Waals surface area contributed by atoms with Gasteiger partial charge in [-0.15, -0.1) is 0 Å². The topological polar surface area (TPSA) is 16.4 Å². The summed E-state index contributed by atoms with van der Waals surface area (Å²) in [6.07, 6.45) is 0. The van der Waals surface area contributed by atoms with Crippen molar-refractivity contribution >= 4 is 49.8 Å². The normalized spacial score (nSPS) is 13.5. The highest BCUT2D eigenvalue weighted by Gasteiger charge is 2.51. The van der Waals surface area contributed by atoms with Crippen molar-refractivity contribution < 1.29 is 4.42 Å². The van der Waals surface area contributed by atoms with E-state index in [9.17, 15) is 0 Å².